The van der Waals surface area contributed by atoms with Crippen LogP contribution in [0.4, 0.5) is 8.78 Å². The van der Waals surface area contributed by atoms with Crippen LogP contribution < -0.4 is 20.5 Å². The number of aromatic hydroxyl groups is 1. The molecule has 0 bridgehead atoms. The van der Waals surface area contributed by atoms with Crippen molar-refractivity contribution in [1.29, 1.82) is 0 Å². The van der Waals surface area contributed by atoms with E-state index in [1.54, 1.807) is 29.7 Å². The number of likely N-dealkylation sites (tertiary alicyclic amines) is 1. The van der Waals surface area contributed by atoms with Crippen molar-refractivity contribution in [3.05, 3.63) is 100 Å². The van der Waals surface area contributed by atoms with Crippen LogP contribution >= 0.6 is 11.3 Å². The van der Waals surface area contributed by atoms with Crippen molar-refractivity contribution in [3.8, 4) is 27.7 Å². The van der Waals surface area contributed by atoms with Crippen LogP contribution in [0.2, 0.25) is 0 Å². The first-order valence-corrected chi connectivity index (χ1v) is 22.6. The summed E-state index contributed by atoms with van der Waals surface area (Å²) in [6.07, 6.45) is 2.18. The molecule has 4 heterocycles. The molecule has 0 spiro atoms. The lowest BCUT2D eigenvalue weighted by Gasteiger charge is -2.46. The number of amides is 2. The lowest BCUT2D eigenvalue weighted by Crippen LogP contribution is -2.58. The van der Waals surface area contributed by atoms with E-state index in [9.17, 15) is 23.8 Å². The predicted molar refractivity (Wildman–Crippen MR) is 240 cm³/mol. The number of ether oxygens (including phenoxy) is 2. The number of carbonyl (C=O) groups is 2. The number of phenols is 1. The molecule has 2 aromatic heterocycles. The highest BCUT2D eigenvalue weighted by Crippen LogP contribution is 2.47. The number of pyridine rings is 1. The van der Waals surface area contributed by atoms with E-state index in [-0.39, 0.29) is 48.6 Å². The van der Waals surface area contributed by atoms with Gasteiger partial charge >= 0.3 is 6.29 Å². The molecule has 336 valence electrons. The summed E-state index contributed by atoms with van der Waals surface area (Å²) in [7, 11) is 0. The molecule has 5 N–H and O–H groups in total. The summed E-state index contributed by atoms with van der Waals surface area (Å²) in [6.45, 7) is 10.8. The summed E-state index contributed by atoms with van der Waals surface area (Å²) in [4.78, 5) is 43.1. The van der Waals surface area contributed by atoms with Crippen LogP contribution in [0.3, 0.4) is 0 Å². The third-order valence-electron chi connectivity index (χ3n) is 12.0. The number of rotatable bonds is 17. The van der Waals surface area contributed by atoms with Gasteiger partial charge in [0.15, 0.2) is 11.5 Å². The van der Waals surface area contributed by atoms with Gasteiger partial charge in [0.25, 0.3) is 0 Å². The smallest absolute Gasteiger partial charge is 0.505 e. The molecule has 0 saturated carbocycles. The number of aryl methyl sites for hydroxylation is 2. The summed E-state index contributed by atoms with van der Waals surface area (Å²) in [5.41, 5.74) is 11.7. The average Bonchev–Trinajstić information content (AvgIpc) is 3.95. The van der Waals surface area contributed by atoms with Gasteiger partial charge < -0.3 is 35.6 Å². The van der Waals surface area contributed by atoms with Gasteiger partial charge in [-0.15, -0.1) is 20.1 Å². The number of hydrogen-bond donors (Lipinski definition) is 4. The van der Waals surface area contributed by atoms with Crippen molar-refractivity contribution in [2.24, 2.45) is 11.1 Å². The van der Waals surface area contributed by atoms with Crippen LogP contribution in [0.15, 0.2) is 72.4 Å². The fraction of sp³-hybridized carbons (Fsp3) is 0.458. The molecule has 12 nitrogen and oxygen atoms in total. The van der Waals surface area contributed by atoms with Gasteiger partial charge in [0.2, 0.25) is 11.8 Å². The quantitative estimate of drug-likeness (QED) is 0.0668. The van der Waals surface area contributed by atoms with E-state index in [1.165, 1.54) is 17.0 Å². The Kier molecular flexibility index (Phi) is 14.0. The Hall–Kier alpha value is -5.22. The number of β-amino-alcohol motifs (C(OH)–C–C–N with tert-alkyl or cyclic N) is 1. The number of thiazole rings is 1. The first-order valence-electron chi connectivity index (χ1n) is 21.7. The topological polar surface area (TPSA) is 163 Å². The molecule has 2 aliphatic heterocycles. The van der Waals surface area contributed by atoms with E-state index >= 15 is 4.79 Å². The lowest BCUT2D eigenvalue weighted by molar-refractivity contribution is -0.286. The van der Waals surface area contributed by atoms with Gasteiger partial charge in [0.1, 0.15) is 17.3 Å². The monoisotopic (exact) mass is 884 g/mol. The van der Waals surface area contributed by atoms with Gasteiger partial charge in [-0.1, -0.05) is 82.9 Å². The SMILES string of the molecule is Cc1ncsc1-c1ccc(CNC(=O)[C@H]2C[C@H](O)CN2C(=O)[C@H](N(CCCCCCCCN)C(c2ccc3c(c2)OC(F)(F)O3)c2cc(C)c3cccnc3c2O)C(C)(C)C)cc1. The van der Waals surface area contributed by atoms with Gasteiger partial charge in [-0.25, -0.2) is 4.98 Å². The van der Waals surface area contributed by atoms with Crippen molar-refractivity contribution in [1.82, 2.24) is 25.1 Å². The number of hydrogen-bond acceptors (Lipinski definition) is 11. The Morgan fingerprint density at radius 1 is 1.00 bits per heavy atom. The number of aromatic nitrogens is 2. The molecule has 2 aliphatic rings. The summed E-state index contributed by atoms with van der Waals surface area (Å²) < 4.78 is 38.7. The highest BCUT2D eigenvalue weighted by Gasteiger charge is 2.49. The predicted octanol–water partition coefficient (Wildman–Crippen LogP) is 8.39. The first-order chi connectivity index (χ1) is 30.1. The van der Waals surface area contributed by atoms with Crippen molar-refractivity contribution in [2.45, 2.75) is 117 Å². The van der Waals surface area contributed by atoms with Crippen LogP contribution in [0, 0.1) is 19.3 Å². The Morgan fingerprint density at radius 3 is 2.41 bits per heavy atom. The minimum atomic E-state index is -3.87. The molecular formula is C48H58F2N6O6S. The number of fused-ring (bicyclic) bond motifs is 2. The molecule has 3 aromatic carbocycles. The van der Waals surface area contributed by atoms with Crippen molar-refractivity contribution in [3.63, 3.8) is 0 Å². The summed E-state index contributed by atoms with van der Waals surface area (Å²) in [5.74, 6) is -1.19. The molecule has 0 radical (unpaired) electrons. The largest absolute Gasteiger partial charge is 0.586 e. The maximum Gasteiger partial charge on any atom is 0.586 e. The molecule has 4 atom stereocenters. The molecule has 2 amide bonds. The van der Waals surface area contributed by atoms with Crippen molar-refractivity contribution < 1.29 is 38.1 Å². The number of halogens is 2. The number of nitrogens with one attached hydrogen (secondary N) is 1. The van der Waals surface area contributed by atoms with Crippen molar-refractivity contribution >= 4 is 34.1 Å². The summed E-state index contributed by atoms with van der Waals surface area (Å²) in [6, 6.07) is 15.1. The second-order valence-electron chi connectivity index (χ2n) is 17.8. The molecule has 5 aromatic rings. The van der Waals surface area contributed by atoms with Crippen molar-refractivity contribution in [2.75, 3.05) is 19.6 Å². The Morgan fingerprint density at radius 2 is 1.71 bits per heavy atom. The van der Waals surface area contributed by atoms with Gasteiger partial charge in [-0.3, -0.25) is 19.5 Å². The zero-order chi connectivity index (χ0) is 45.1. The van der Waals surface area contributed by atoms with E-state index in [4.69, 9.17) is 15.2 Å². The molecule has 63 heavy (non-hydrogen) atoms. The fourth-order valence-electron chi connectivity index (χ4n) is 9.01. The molecule has 15 heteroatoms. The highest BCUT2D eigenvalue weighted by molar-refractivity contribution is 7.13. The van der Waals surface area contributed by atoms with Gasteiger partial charge in [-0.2, -0.15) is 0 Å². The molecule has 1 fully saturated rings. The molecule has 1 saturated heterocycles. The van der Waals surface area contributed by atoms with Gasteiger partial charge in [0.05, 0.1) is 34.3 Å². The maximum atomic E-state index is 15.5. The second-order valence-corrected chi connectivity index (χ2v) is 18.7. The van der Waals surface area contributed by atoms with Gasteiger partial charge in [-0.05, 0) is 91.7 Å². The fourth-order valence-corrected chi connectivity index (χ4v) is 9.82. The number of unbranched alkanes of at least 4 members (excludes halogenated alkanes) is 5. The second kappa shape index (κ2) is 19.3. The Labute approximate surface area is 371 Å². The maximum absolute atomic E-state index is 15.5. The molecular weight excluding hydrogens is 827 g/mol. The van der Waals surface area contributed by atoms with E-state index < -0.39 is 35.9 Å². The number of benzene rings is 3. The standard InChI is InChI=1S/C48H58F2N6O6S/c1-29-23-36(42(58)40-35(29)13-12-21-52-40)41(33-18-19-38-39(24-33)62-48(49,50)61-38)55(22-11-9-7-6-8-10-20-51)44(47(3,4)5)46(60)56-27-34(57)25-37(56)45(59)53-26-31-14-16-32(17-15-31)43-30(2)54-28-63-43/h12-19,21,23-24,28,34,37,41,44,57-58H,6-11,20,22,25-27,51H2,1-5H3,(H,53,59)/t34-,37+,41?,44-/m0/s1. The van der Waals surface area contributed by atoms with Crippen LogP contribution in [0.5, 0.6) is 17.2 Å². The zero-order valence-electron chi connectivity index (χ0n) is 36.6. The normalized spacial score (nSPS) is 18.0. The molecule has 1 unspecified atom stereocenters. The van der Waals surface area contributed by atoms with Crippen LogP contribution in [-0.2, 0) is 16.1 Å². The summed E-state index contributed by atoms with van der Waals surface area (Å²) in [5, 5.41) is 27.0. The number of nitrogens with two attached hydrogens (primary N) is 1. The van der Waals surface area contributed by atoms with E-state index in [2.05, 4.69) is 15.3 Å². The number of nitrogens with zero attached hydrogens (tertiary/aromatic N) is 4. The minimum absolute atomic E-state index is 0.0525. The first kappa shape index (κ1) is 45.8. The zero-order valence-corrected chi connectivity index (χ0v) is 37.4. The lowest BCUT2D eigenvalue weighted by atomic mass is 9.81. The van der Waals surface area contributed by atoms with Gasteiger partial charge in [0, 0.05) is 36.7 Å². The van der Waals surface area contributed by atoms with Crippen LogP contribution in [0.1, 0.15) is 99.7 Å². The minimum Gasteiger partial charge on any atom is -0.505 e. The third kappa shape index (κ3) is 10.3. The Bertz CT molecular complexity index is 2410. The third-order valence-corrected chi connectivity index (χ3v) is 13.0. The van der Waals surface area contributed by atoms with E-state index in [0.717, 1.165) is 64.8 Å². The average molecular weight is 885 g/mol. The highest BCUT2D eigenvalue weighted by atomic mass is 32.1. The van der Waals surface area contributed by atoms with Crippen LogP contribution in [0.25, 0.3) is 21.3 Å². The van der Waals surface area contributed by atoms with E-state index in [1.807, 2.05) is 81.4 Å². The molecule has 0 aliphatic carbocycles. The molecule has 7 rings (SSSR count). The van der Waals surface area contributed by atoms with E-state index in [0.29, 0.717) is 36.2 Å². The summed E-state index contributed by atoms with van der Waals surface area (Å²) >= 11 is 1.56. The number of aliphatic hydroxyl groups excluding tert-OH is 1. The number of aliphatic hydroxyl groups is 1. The Balaban J connectivity index is 1.26. The number of alkyl halides is 2. The number of phenolic OH excluding ortho intramolecular Hbond substituents is 1. The van der Waals surface area contributed by atoms with Crippen LogP contribution in [-0.4, -0.2) is 85.9 Å². The number of carbonyl (C=O) groups excluding carboxylic acids is 2.